The normalized spacial score (nSPS) is 8.53. The molecule has 5 heteroatoms. The molecular weight excluding hydrogens is 427 g/mol. The zero-order chi connectivity index (χ0) is 14.6. The van der Waals surface area contributed by atoms with Gasteiger partial charge < -0.3 is 23.4 Å². The number of rotatable bonds is 8. The van der Waals surface area contributed by atoms with Crippen LogP contribution in [0.1, 0.15) is 52.4 Å². The minimum absolute atomic E-state index is 0. The largest absolute Gasteiger partial charge is 2.00 e. The van der Waals surface area contributed by atoms with E-state index in [1.807, 2.05) is 13.8 Å². The Hall–Kier alpha value is -0.892. The number of hydrogen-bond acceptors (Lipinski definition) is 4. The van der Waals surface area contributed by atoms with Crippen LogP contribution in [-0.2, 0) is 40.2 Å². The van der Waals surface area contributed by atoms with E-state index in [-0.39, 0.29) is 57.0 Å². The van der Waals surface area contributed by atoms with Crippen molar-refractivity contribution < 1.29 is 40.2 Å². The summed E-state index contributed by atoms with van der Waals surface area (Å²) in [5, 5.41) is 0. The number of carbonyl (C=O) groups excluding carboxylic acids is 4. The molecule has 0 aromatic carbocycles. The van der Waals surface area contributed by atoms with Gasteiger partial charge in [0.25, 0.3) is 0 Å². The van der Waals surface area contributed by atoms with Crippen molar-refractivity contribution in [3.05, 3.63) is 13.8 Å². The van der Waals surface area contributed by atoms with E-state index in [4.69, 9.17) is 0 Å². The van der Waals surface area contributed by atoms with E-state index < -0.39 is 0 Å². The number of carbonyl (C=O) groups is 4. The standard InChI is InChI=1S/2C7H11O2.Pt/c2*1-3-4-7(9)5-6(2)8;/h2*2-5H2,1H3;/q2*-1;+2. The fourth-order valence-electron chi connectivity index (χ4n) is 1.17. The van der Waals surface area contributed by atoms with Gasteiger partial charge in [-0.25, -0.2) is 0 Å². The molecule has 0 spiro atoms. The molecular formula is C14H22O4Pt. The summed E-state index contributed by atoms with van der Waals surface area (Å²) < 4.78 is 0. The summed E-state index contributed by atoms with van der Waals surface area (Å²) in [6, 6.07) is 0. The van der Waals surface area contributed by atoms with Crippen LogP contribution in [0.5, 0.6) is 0 Å². The van der Waals surface area contributed by atoms with Crippen LogP contribution in [0.2, 0.25) is 0 Å². The fraction of sp³-hybridized carbons (Fsp3) is 0.571. The summed E-state index contributed by atoms with van der Waals surface area (Å²) in [5.74, 6) is -0.572. The quantitative estimate of drug-likeness (QED) is 0.421. The average Bonchev–Trinajstić information content (AvgIpc) is 2.16. The SMILES string of the molecule is [CH2-]C(=O)CC(=O)CCC.[CH2-]C(=O)CC(=O)CCC.[Pt+2]. The summed E-state index contributed by atoms with van der Waals surface area (Å²) in [7, 11) is 0. The minimum atomic E-state index is -0.284. The van der Waals surface area contributed by atoms with Crippen LogP contribution < -0.4 is 0 Å². The average molecular weight is 449 g/mol. The topological polar surface area (TPSA) is 68.3 Å². The molecule has 0 unspecified atom stereocenters. The Kier molecular flexibility index (Phi) is 18.5. The van der Waals surface area contributed by atoms with Gasteiger partial charge in [0.2, 0.25) is 0 Å². The van der Waals surface area contributed by atoms with Gasteiger partial charge in [0.1, 0.15) is 11.6 Å². The monoisotopic (exact) mass is 449 g/mol. The molecule has 19 heavy (non-hydrogen) atoms. The van der Waals surface area contributed by atoms with Crippen molar-refractivity contribution in [2.45, 2.75) is 52.4 Å². The molecule has 0 fully saturated rings. The van der Waals surface area contributed by atoms with E-state index in [0.717, 1.165) is 12.8 Å². The van der Waals surface area contributed by atoms with Crippen LogP contribution in [0, 0.1) is 13.8 Å². The zero-order valence-corrected chi connectivity index (χ0v) is 13.9. The summed E-state index contributed by atoms with van der Waals surface area (Å²) in [4.78, 5) is 41.6. The van der Waals surface area contributed by atoms with Gasteiger partial charge in [-0.3, -0.25) is 9.59 Å². The van der Waals surface area contributed by atoms with Crippen LogP contribution in [0.25, 0.3) is 0 Å². The van der Waals surface area contributed by atoms with Crippen molar-refractivity contribution in [1.82, 2.24) is 0 Å². The summed E-state index contributed by atoms with van der Waals surface area (Å²) >= 11 is 0. The predicted octanol–water partition coefficient (Wildman–Crippen LogP) is 2.30. The second kappa shape index (κ2) is 15.2. The van der Waals surface area contributed by atoms with E-state index in [1.165, 1.54) is 0 Å². The van der Waals surface area contributed by atoms with Crippen LogP contribution in [0.4, 0.5) is 0 Å². The molecule has 0 N–H and O–H groups in total. The maximum Gasteiger partial charge on any atom is 2.00 e. The van der Waals surface area contributed by atoms with Gasteiger partial charge in [0.15, 0.2) is 0 Å². The molecule has 0 aromatic rings. The number of ketones is 4. The molecule has 0 rings (SSSR count). The molecule has 0 atom stereocenters. The van der Waals surface area contributed by atoms with Gasteiger partial charge in [-0.1, -0.05) is 13.8 Å². The summed E-state index contributed by atoms with van der Waals surface area (Å²) in [6.45, 7) is 10.0. The Balaban J connectivity index is -0.000000256. The third kappa shape index (κ3) is 22.7. The van der Waals surface area contributed by atoms with Gasteiger partial charge in [-0.2, -0.15) is 0 Å². The van der Waals surface area contributed by atoms with E-state index in [1.54, 1.807) is 0 Å². The molecule has 0 amide bonds. The van der Waals surface area contributed by atoms with Gasteiger partial charge in [0, 0.05) is 37.2 Å². The third-order valence-corrected chi connectivity index (χ3v) is 1.85. The van der Waals surface area contributed by atoms with Crippen LogP contribution in [0.15, 0.2) is 0 Å². The Bertz CT molecular complexity index is 268. The molecule has 0 heterocycles. The van der Waals surface area contributed by atoms with Crippen molar-refractivity contribution in [3.63, 3.8) is 0 Å². The van der Waals surface area contributed by atoms with Gasteiger partial charge >= 0.3 is 21.1 Å². The zero-order valence-electron chi connectivity index (χ0n) is 11.6. The molecule has 112 valence electrons. The van der Waals surface area contributed by atoms with Gasteiger partial charge in [0.05, 0.1) is 0 Å². The Morgan fingerprint density at radius 1 is 0.737 bits per heavy atom. The van der Waals surface area contributed by atoms with E-state index in [0.29, 0.717) is 12.8 Å². The molecule has 0 aromatic heterocycles. The molecule has 0 aliphatic heterocycles. The van der Waals surface area contributed by atoms with Crippen molar-refractivity contribution >= 4 is 23.1 Å². The van der Waals surface area contributed by atoms with Crippen molar-refractivity contribution in [2.24, 2.45) is 0 Å². The first kappa shape index (κ1) is 23.2. The third-order valence-electron chi connectivity index (χ3n) is 1.85. The second-order valence-electron chi connectivity index (χ2n) is 4.01. The maximum absolute atomic E-state index is 10.6. The first-order chi connectivity index (χ1) is 8.33. The van der Waals surface area contributed by atoms with Crippen molar-refractivity contribution in [3.8, 4) is 0 Å². The Morgan fingerprint density at radius 3 is 1.16 bits per heavy atom. The van der Waals surface area contributed by atoms with Gasteiger partial charge in [-0.05, 0) is 12.8 Å². The van der Waals surface area contributed by atoms with Crippen LogP contribution >= 0.6 is 0 Å². The molecule has 4 nitrogen and oxygen atoms in total. The molecule has 0 aliphatic rings. The number of Topliss-reactive ketones (excluding diaryl/α,β-unsaturated/α-hetero) is 4. The summed E-state index contributed by atoms with van der Waals surface area (Å²) in [6.07, 6.45) is 2.64. The molecule has 0 saturated heterocycles. The maximum atomic E-state index is 10.6. The smallest absolute Gasteiger partial charge is 0.339 e. The van der Waals surface area contributed by atoms with E-state index >= 15 is 0 Å². The summed E-state index contributed by atoms with van der Waals surface area (Å²) in [5.41, 5.74) is 0. The van der Waals surface area contributed by atoms with Crippen molar-refractivity contribution in [2.75, 3.05) is 0 Å². The molecule has 0 radical (unpaired) electrons. The molecule has 0 bridgehead atoms. The molecule has 0 saturated carbocycles. The van der Waals surface area contributed by atoms with Crippen LogP contribution in [0.3, 0.4) is 0 Å². The van der Waals surface area contributed by atoms with Crippen molar-refractivity contribution in [1.29, 1.82) is 0 Å². The first-order valence-corrected chi connectivity index (χ1v) is 6.06. The first-order valence-electron chi connectivity index (χ1n) is 6.06. The fourth-order valence-corrected chi connectivity index (χ4v) is 1.17. The Labute approximate surface area is 130 Å². The minimum Gasteiger partial charge on any atom is -0.339 e. The van der Waals surface area contributed by atoms with Gasteiger partial charge in [-0.15, -0.1) is 0 Å². The van der Waals surface area contributed by atoms with Crippen LogP contribution in [-0.4, -0.2) is 23.1 Å². The Morgan fingerprint density at radius 2 is 1.00 bits per heavy atom. The second-order valence-corrected chi connectivity index (χ2v) is 4.01. The van der Waals surface area contributed by atoms with E-state index in [2.05, 4.69) is 13.8 Å². The molecule has 0 aliphatic carbocycles. The van der Waals surface area contributed by atoms with E-state index in [9.17, 15) is 19.2 Å². The number of hydrogen-bond donors (Lipinski definition) is 0. The predicted molar refractivity (Wildman–Crippen MR) is 69.8 cm³/mol.